The van der Waals surface area contributed by atoms with E-state index in [1.165, 1.54) is 0 Å². The van der Waals surface area contributed by atoms with Crippen LogP contribution in [0.25, 0.3) is 10.8 Å². The van der Waals surface area contributed by atoms with E-state index in [1.807, 2.05) is 73.7 Å². The summed E-state index contributed by atoms with van der Waals surface area (Å²) in [6, 6.07) is 23.7. The first kappa shape index (κ1) is 15.7. The van der Waals surface area contributed by atoms with Crippen molar-refractivity contribution in [2.45, 2.75) is 31.5 Å². The van der Waals surface area contributed by atoms with Gasteiger partial charge in [-0.3, -0.25) is 0 Å². The van der Waals surface area contributed by atoms with Crippen molar-refractivity contribution in [3.05, 3.63) is 83.9 Å². The molecule has 0 fully saturated rings. The molecule has 0 aliphatic rings. The van der Waals surface area contributed by atoms with Gasteiger partial charge in [0.1, 0.15) is 0 Å². The summed E-state index contributed by atoms with van der Waals surface area (Å²) in [6.45, 7) is 1.81. The fourth-order valence-corrected chi connectivity index (χ4v) is 2.93. The Morgan fingerprint density at radius 2 is 1.52 bits per heavy atom. The molecule has 118 valence electrons. The Balaban J connectivity index is 1.75. The van der Waals surface area contributed by atoms with Gasteiger partial charge in [-0.1, -0.05) is 66.7 Å². The zero-order valence-corrected chi connectivity index (χ0v) is 13.3. The Bertz CT molecular complexity index is 778. The summed E-state index contributed by atoms with van der Waals surface area (Å²) in [4.78, 5) is 0. The third-order valence-electron chi connectivity index (χ3n) is 4.46. The summed E-state index contributed by atoms with van der Waals surface area (Å²) >= 11 is 0. The van der Waals surface area contributed by atoms with E-state index in [0.717, 1.165) is 21.9 Å². The van der Waals surface area contributed by atoms with Gasteiger partial charge in [0.2, 0.25) is 0 Å². The SMILES string of the molecule is CC(O)(CCC(O)c1ccccc1)c1ccc2ccccc2c1. The smallest absolute Gasteiger partial charge is 0.0869 e. The van der Waals surface area contributed by atoms with E-state index < -0.39 is 11.7 Å². The van der Waals surface area contributed by atoms with Gasteiger partial charge < -0.3 is 10.2 Å². The highest BCUT2D eigenvalue weighted by Gasteiger charge is 2.24. The Morgan fingerprint density at radius 3 is 2.26 bits per heavy atom. The molecule has 0 saturated heterocycles. The van der Waals surface area contributed by atoms with E-state index in [2.05, 4.69) is 6.07 Å². The van der Waals surface area contributed by atoms with Crippen molar-refractivity contribution in [3.8, 4) is 0 Å². The minimum atomic E-state index is -0.959. The van der Waals surface area contributed by atoms with Crippen LogP contribution in [-0.4, -0.2) is 10.2 Å². The van der Waals surface area contributed by atoms with Gasteiger partial charge in [-0.25, -0.2) is 0 Å². The number of benzene rings is 3. The van der Waals surface area contributed by atoms with Gasteiger partial charge in [-0.15, -0.1) is 0 Å². The van der Waals surface area contributed by atoms with Gasteiger partial charge in [0, 0.05) is 0 Å². The number of aliphatic hydroxyl groups is 2. The molecule has 3 rings (SSSR count). The topological polar surface area (TPSA) is 40.5 Å². The summed E-state index contributed by atoms with van der Waals surface area (Å²) in [5.74, 6) is 0. The van der Waals surface area contributed by atoms with Crippen LogP contribution in [0.4, 0.5) is 0 Å². The molecular weight excluding hydrogens is 284 g/mol. The number of fused-ring (bicyclic) bond motifs is 1. The van der Waals surface area contributed by atoms with Crippen LogP contribution in [0, 0.1) is 0 Å². The van der Waals surface area contributed by atoms with Gasteiger partial charge in [-0.05, 0) is 47.7 Å². The van der Waals surface area contributed by atoms with E-state index >= 15 is 0 Å². The lowest BCUT2D eigenvalue weighted by Crippen LogP contribution is -2.22. The molecule has 3 aromatic rings. The van der Waals surface area contributed by atoms with Crippen LogP contribution >= 0.6 is 0 Å². The van der Waals surface area contributed by atoms with Crippen molar-refractivity contribution in [2.75, 3.05) is 0 Å². The highest BCUT2D eigenvalue weighted by atomic mass is 16.3. The predicted octanol–water partition coefficient (Wildman–Crippen LogP) is 4.56. The lowest BCUT2D eigenvalue weighted by Gasteiger charge is -2.25. The number of aliphatic hydroxyl groups excluding tert-OH is 1. The standard InChI is InChI=1S/C21H22O2/c1-21(23,14-13-20(22)17-8-3-2-4-9-17)19-12-11-16-7-5-6-10-18(16)15-19/h2-12,15,20,22-23H,13-14H2,1H3. The molecule has 2 atom stereocenters. The van der Waals surface area contributed by atoms with Gasteiger partial charge in [-0.2, -0.15) is 0 Å². The second-order valence-corrected chi connectivity index (χ2v) is 6.30. The fraction of sp³-hybridized carbons (Fsp3) is 0.238. The van der Waals surface area contributed by atoms with Gasteiger partial charge in [0.25, 0.3) is 0 Å². The monoisotopic (exact) mass is 306 g/mol. The minimum Gasteiger partial charge on any atom is -0.388 e. The Hall–Kier alpha value is -2.16. The molecule has 0 saturated carbocycles. The highest BCUT2D eigenvalue weighted by Crippen LogP contribution is 2.31. The first-order chi connectivity index (χ1) is 11.1. The van der Waals surface area contributed by atoms with E-state index in [0.29, 0.717) is 12.8 Å². The van der Waals surface area contributed by atoms with Crippen molar-refractivity contribution in [3.63, 3.8) is 0 Å². The third kappa shape index (κ3) is 3.61. The van der Waals surface area contributed by atoms with Crippen LogP contribution < -0.4 is 0 Å². The summed E-state index contributed by atoms with van der Waals surface area (Å²) in [5, 5.41) is 23.4. The maximum Gasteiger partial charge on any atom is 0.0869 e. The molecule has 2 N–H and O–H groups in total. The van der Waals surface area contributed by atoms with E-state index in [-0.39, 0.29) is 0 Å². The molecule has 0 heterocycles. The second-order valence-electron chi connectivity index (χ2n) is 6.30. The van der Waals surface area contributed by atoms with Crippen LogP contribution in [0.3, 0.4) is 0 Å². The summed E-state index contributed by atoms with van der Waals surface area (Å²) in [6.07, 6.45) is 0.466. The molecule has 0 bridgehead atoms. The molecule has 0 aliphatic heterocycles. The normalized spacial score (nSPS) is 15.3. The minimum absolute atomic E-state index is 0.501. The van der Waals surface area contributed by atoms with Crippen molar-refractivity contribution in [2.24, 2.45) is 0 Å². The van der Waals surface area contributed by atoms with Gasteiger partial charge >= 0.3 is 0 Å². The maximum absolute atomic E-state index is 10.8. The molecule has 23 heavy (non-hydrogen) atoms. The van der Waals surface area contributed by atoms with Crippen LogP contribution in [-0.2, 0) is 5.60 Å². The van der Waals surface area contributed by atoms with Crippen LogP contribution in [0.1, 0.15) is 37.0 Å². The van der Waals surface area contributed by atoms with E-state index in [4.69, 9.17) is 0 Å². The Labute approximate surface area is 137 Å². The average molecular weight is 306 g/mol. The number of hydrogen-bond donors (Lipinski definition) is 2. The molecular formula is C21H22O2. The van der Waals surface area contributed by atoms with Crippen molar-refractivity contribution in [1.29, 1.82) is 0 Å². The largest absolute Gasteiger partial charge is 0.388 e. The number of rotatable bonds is 5. The molecule has 0 aliphatic carbocycles. The van der Waals surface area contributed by atoms with Crippen molar-refractivity contribution >= 4 is 10.8 Å². The highest BCUT2D eigenvalue weighted by molar-refractivity contribution is 5.83. The molecule has 0 amide bonds. The maximum atomic E-state index is 10.8. The fourth-order valence-electron chi connectivity index (χ4n) is 2.93. The average Bonchev–Trinajstić information content (AvgIpc) is 2.60. The van der Waals surface area contributed by atoms with E-state index in [1.54, 1.807) is 0 Å². The molecule has 0 aromatic heterocycles. The van der Waals surface area contributed by atoms with Gasteiger partial charge in [0.15, 0.2) is 0 Å². The molecule has 2 nitrogen and oxygen atoms in total. The first-order valence-corrected chi connectivity index (χ1v) is 8.01. The predicted molar refractivity (Wildman–Crippen MR) is 94.2 cm³/mol. The quantitative estimate of drug-likeness (QED) is 0.725. The van der Waals surface area contributed by atoms with Crippen LogP contribution in [0.5, 0.6) is 0 Å². The lowest BCUT2D eigenvalue weighted by atomic mass is 9.88. The van der Waals surface area contributed by atoms with E-state index in [9.17, 15) is 10.2 Å². The van der Waals surface area contributed by atoms with Crippen molar-refractivity contribution in [1.82, 2.24) is 0 Å². The Morgan fingerprint density at radius 1 is 0.870 bits per heavy atom. The van der Waals surface area contributed by atoms with Gasteiger partial charge in [0.05, 0.1) is 11.7 Å². The zero-order chi connectivity index (χ0) is 16.3. The summed E-state index contributed by atoms with van der Waals surface area (Å²) in [7, 11) is 0. The second kappa shape index (κ2) is 6.53. The third-order valence-corrected chi connectivity index (χ3v) is 4.46. The zero-order valence-electron chi connectivity index (χ0n) is 13.3. The molecule has 2 heteroatoms. The van der Waals surface area contributed by atoms with Crippen LogP contribution in [0.15, 0.2) is 72.8 Å². The van der Waals surface area contributed by atoms with Crippen LogP contribution in [0.2, 0.25) is 0 Å². The van der Waals surface area contributed by atoms with Crippen molar-refractivity contribution < 1.29 is 10.2 Å². The molecule has 2 unspecified atom stereocenters. The first-order valence-electron chi connectivity index (χ1n) is 8.01. The summed E-state index contributed by atoms with van der Waals surface area (Å²) < 4.78 is 0. The summed E-state index contributed by atoms with van der Waals surface area (Å²) in [5.41, 5.74) is 0.818. The molecule has 3 aromatic carbocycles. The number of hydrogen-bond acceptors (Lipinski definition) is 2. The Kier molecular flexibility index (Phi) is 4.46. The lowest BCUT2D eigenvalue weighted by molar-refractivity contribution is 0.0286. The molecule has 0 spiro atoms. The molecule has 0 radical (unpaired) electrons.